The van der Waals surface area contributed by atoms with Gasteiger partial charge in [0.25, 0.3) is 0 Å². The van der Waals surface area contributed by atoms with E-state index in [2.05, 4.69) is 44.6 Å². The number of benzene rings is 1. The number of halogens is 3. The summed E-state index contributed by atoms with van der Waals surface area (Å²) in [6.45, 7) is 11.3. The second kappa shape index (κ2) is 14.9. The molecule has 1 amide bonds. The molecule has 0 radical (unpaired) electrons. The van der Waals surface area contributed by atoms with Crippen LogP contribution in [-0.4, -0.2) is 112 Å². The summed E-state index contributed by atoms with van der Waals surface area (Å²) in [5, 5.41) is 20.0. The fraction of sp³-hybridized carbons (Fsp3) is 0.517. The lowest BCUT2D eigenvalue weighted by atomic mass is 10.1. The van der Waals surface area contributed by atoms with Crippen molar-refractivity contribution in [1.82, 2.24) is 29.3 Å². The number of aliphatic carboxylic acids is 1. The number of aromatic nitrogens is 4. The van der Waals surface area contributed by atoms with Gasteiger partial charge in [0, 0.05) is 45.3 Å². The van der Waals surface area contributed by atoms with E-state index in [1.807, 2.05) is 30.6 Å². The van der Waals surface area contributed by atoms with Gasteiger partial charge in [-0.05, 0) is 44.9 Å². The van der Waals surface area contributed by atoms with E-state index in [0.29, 0.717) is 37.6 Å². The number of rotatable bonds is 10. The number of carboxylic acids is 1. The Bertz CT molecular complexity index is 1510. The van der Waals surface area contributed by atoms with Gasteiger partial charge in [-0.2, -0.15) is 28.4 Å². The van der Waals surface area contributed by atoms with Gasteiger partial charge in [0.15, 0.2) is 17.0 Å². The molecular weight excluding hydrogens is 595 g/mol. The number of carboxylic acid groups (broad SMARTS) is 1. The number of hydrogen-bond donors (Lipinski definition) is 2. The lowest BCUT2D eigenvalue weighted by Gasteiger charge is -2.35. The third-order valence-corrected chi connectivity index (χ3v) is 7.44. The SMILES string of the molecule is CC(C)n1cnc2c(NCCc3ccccc3C#N)nc(N3CCN(CCCN4CCOC4=O)CC3)nc21.O=C(O)C(F)(F)F. The number of fused-ring (bicyclic) bond motifs is 1. The van der Waals surface area contributed by atoms with Gasteiger partial charge >= 0.3 is 18.2 Å². The first-order valence-corrected chi connectivity index (χ1v) is 14.6. The maximum atomic E-state index is 11.6. The maximum absolute atomic E-state index is 11.6. The molecule has 45 heavy (non-hydrogen) atoms. The predicted molar refractivity (Wildman–Crippen MR) is 159 cm³/mol. The van der Waals surface area contributed by atoms with Crippen molar-refractivity contribution in [3.05, 3.63) is 41.7 Å². The highest BCUT2D eigenvalue weighted by atomic mass is 19.4. The van der Waals surface area contributed by atoms with Crippen LogP contribution in [0.3, 0.4) is 0 Å². The van der Waals surface area contributed by atoms with Crippen LogP contribution in [0.1, 0.15) is 37.4 Å². The number of imidazole rings is 1. The number of amides is 1. The minimum Gasteiger partial charge on any atom is -0.475 e. The third kappa shape index (κ3) is 8.72. The number of cyclic esters (lactones) is 1. The molecule has 0 aliphatic carbocycles. The Balaban J connectivity index is 0.000000591. The quantitative estimate of drug-likeness (QED) is 0.338. The van der Waals surface area contributed by atoms with Gasteiger partial charge in [-0.1, -0.05) is 18.2 Å². The zero-order valence-corrected chi connectivity index (χ0v) is 25.1. The van der Waals surface area contributed by atoms with Gasteiger partial charge in [-0.3, -0.25) is 4.90 Å². The molecule has 2 aliphatic heterocycles. The van der Waals surface area contributed by atoms with Crippen LogP contribution < -0.4 is 10.2 Å². The van der Waals surface area contributed by atoms with Gasteiger partial charge in [-0.25, -0.2) is 14.6 Å². The first-order chi connectivity index (χ1) is 21.5. The number of nitriles is 1. The highest BCUT2D eigenvalue weighted by molar-refractivity contribution is 5.84. The largest absolute Gasteiger partial charge is 0.490 e. The first-order valence-electron chi connectivity index (χ1n) is 14.6. The summed E-state index contributed by atoms with van der Waals surface area (Å²) >= 11 is 0. The van der Waals surface area contributed by atoms with Crippen LogP contribution in [0, 0.1) is 11.3 Å². The molecule has 4 heterocycles. The van der Waals surface area contributed by atoms with Gasteiger partial charge in [-0.15, -0.1) is 0 Å². The number of carbonyl (C=O) groups is 2. The van der Waals surface area contributed by atoms with E-state index in [1.54, 1.807) is 4.90 Å². The monoisotopic (exact) mass is 631 g/mol. The van der Waals surface area contributed by atoms with Crippen molar-refractivity contribution in [2.45, 2.75) is 38.9 Å². The van der Waals surface area contributed by atoms with E-state index in [1.165, 1.54) is 0 Å². The minimum absolute atomic E-state index is 0.193. The zero-order valence-electron chi connectivity index (χ0n) is 25.1. The van der Waals surface area contributed by atoms with E-state index in [4.69, 9.17) is 24.6 Å². The average Bonchev–Trinajstić information content (AvgIpc) is 3.63. The first kappa shape index (κ1) is 33.2. The van der Waals surface area contributed by atoms with Crippen molar-refractivity contribution in [2.24, 2.45) is 0 Å². The molecule has 16 heteroatoms. The molecule has 5 rings (SSSR count). The van der Waals surface area contributed by atoms with E-state index < -0.39 is 12.1 Å². The molecule has 2 N–H and O–H groups in total. The molecule has 3 aromatic rings. The normalized spacial score (nSPS) is 15.5. The van der Waals surface area contributed by atoms with Crippen LogP contribution >= 0.6 is 0 Å². The Morgan fingerprint density at radius 3 is 2.47 bits per heavy atom. The number of anilines is 2. The maximum Gasteiger partial charge on any atom is 0.490 e. The summed E-state index contributed by atoms with van der Waals surface area (Å²) in [7, 11) is 0. The second-order valence-electron chi connectivity index (χ2n) is 10.8. The molecule has 1 aromatic carbocycles. The van der Waals surface area contributed by atoms with Crippen molar-refractivity contribution < 1.29 is 32.6 Å². The van der Waals surface area contributed by atoms with Gasteiger partial charge < -0.3 is 29.5 Å². The van der Waals surface area contributed by atoms with Gasteiger partial charge in [0.05, 0.1) is 24.5 Å². The van der Waals surface area contributed by atoms with Crippen LogP contribution in [0.15, 0.2) is 30.6 Å². The van der Waals surface area contributed by atoms with Crippen LogP contribution in [-0.2, 0) is 16.0 Å². The van der Waals surface area contributed by atoms with E-state index in [9.17, 15) is 23.2 Å². The van der Waals surface area contributed by atoms with Crippen LogP contribution in [0.2, 0.25) is 0 Å². The Labute approximate surface area is 258 Å². The highest BCUT2D eigenvalue weighted by Crippen LogP contribution is 2.25. The van der Waals surface area contributed by atoms with Crippen LogP contribution in [0.5, 0.6) is 0 Å². The molecule has 0 bridgehead atoms. The van der Waals surface area contributed by atoms with Crippen LogP contribution in [0.25, 0.3) is 11.2 Å². The molecule has 0 atom stereocenters. The Kier molecular flexibility index (Phi) is 11.0. The van der Waals surface area contributed by atoms with Crippen molar-refractivity contribution >= 4 is 35.0 Å². The summed E-state index contributed by atoms with van der Waals surface area (Å²) < 4.78 is 38.8. The minimum atomic E-state index is -5.08. The molecule has 2 aromatic heterocycles. The third-order valence-electron chi connectivity index (χ3n) is 7.44. The lowest BCUT2D eigenvalue weighted by molar-refractivity contribution is -0.192. The molecule has 2 fully saturated rings. The molecule has 13 nitrogen and oxygen atoms in total. The summed E-state index contributed by atoms with van der Waals surface area (Å²) in [6, 6.07) is 10.2. The fourth-order valence-corrected chi connectivity index (χ4v) is 5.00. The summed E-state index contributed by atoms with van der Waals surface area (Å²) in [6.07, 6.45) is -1.79. The smallest absolute Gasteiger partial charge is 0.475 e. The summed E-state index contributed by atoms with van der Waals surface area (Å²) in [5.41, 5.74) is 3.29. The van der Waals surface area contributed by atoms with Crippen LogP contribution in [0.4, 0.5) is 29.7 Å². The average molecular weight is 632 g/mol. The van der Waals surface area contributed by atoms with E-state index in [0.717, 1.165) is 68.2 Å². The Morgan fingerprint density at radius 1 is 1.13 bits per heavy atom. The van der Waals surface area contributed by atoms with E-state index in [-0.39, 0.29) is 12.1 Å². The summed E-state index contributed by atoms with van der Waals surface area (Å²) in [4.78, 5) is 41.5. The zero-order chi connectivity index (χ0) is 32.6. The Hall–Kier alpha value is -4.65. The summed E-state index contributed by atoms with van der Waals surface area (Å²) in [5.74, 6) is -1.33. The van der Waals surface area contributed by atoms with Crippen molar-refractivity contribution in [3.8, 4) is 6.07 Å². The standard InChI is InChI=1S/C27H35N9O2.C2HF3O2/c1-20(2)36-19-30-23-24(29-9-8-21-6-3-4-7-22(21)18-28)31-26(32-25(23)36)34-14-12-33(13-15-34)10-5-11-35-16-17-38-27(35)37;3-2(4,5)1(6)7/h3-4,6-7,19-20H,5,8-17H2,1-2H3,(H,29,31,32);(H,6,7). The molecule has 2 saturated heterocycles. The van der Waals surface area contributed by atoms with Crippen molar-refractivity contribution in [3.63, 3.8) is 0 Å². The van der Waals surface area contributed by atoms with Gasteiger partial charge in [0.1, 0.15) is 6.61 Å². The van der Waals surface area contributed by atoms with Crippen molar-refractivity contribution in [1.29, 1.82) is 5.26 Å². The number of ether oxygens (including phenoxy) is 1. The number of piperazine rings is 1. The number of hydrogen-bond acceptors (Lipinski definition) is 10. The number of nitrogens with one attached hydrogen (secondary N) is 1. The Morgan fingerprint density at radius 2 is 1.84 bits per heavy atom. The molecule has 242 valence electrons. The topological polar surface area (TPSA) is 153 Å². The van der Waals surface area contributed by atoms with Crippen molar-refractivity contribution in [2.75, 3.05) is 69.2 Å². The molecule has 2 aliphatic rings. The number of alkyl halides is 3. The molecule has 0 unspecified atom stereocenters. The second-order valence-corrected chi connectivity index (χ2v) is 10.8. The fourth-order valence-electron chi connectivity index (χ4n) is 5.00. The number of nitrogens with zero attached hydrogens (tertiary/aromatic N) is 8. The predicted octanol–water partition coefficient (Wildman–Crippen LogP) is 3.53. The molecule has 0 saturated carbocycles. The lowest BCUT2D eigenvalue weighted by Crippen LogP contribution is -2.47. The molecule has 0 spiro atoms. The number of carbonyl (C=O) groups excluding carboxylic acids is 1. The highest BCUT2D eigenvalue weighted by Gasteiger charge is 2.38. The molecular formula is C29H36F3N9O4. The van der Waals surface area contributed by atoms with E-state index >= 15 is 0 Å². The van der Waals surface area contributed by atoms with Gasteiger partial charge in [0.2, 0.25) is 5.95 Å².